The van der Waals surface area contributed by atoms with Crippen LogP contribution >= 0.6 is 0 Å². The van der Waals surface area contributed by atoms with E-state index in [1.807, 2.05) is 0 Å². The van der Waals surface area contributed by atoms with E-state index in [4.69, 9.17) is 10.5 Å². The number of rotatable bonds is 3. The largest absolute Gasteiger partial charge is 0.416 e. The van der Waals surface area contributed by atoms with Crippen molar-refractivity contribution >= 4 is 5.91 Å². The number of hydrogen-bond acceptors (Lipinski definition) is 3. The summed E-state index contributed by atoms with van der Waals surface area (Å²) in [6, 6.07) is 0. The van der Waals surface area contributed by atoms with Crippen molar-refractivity contribution in [1.29, 1.82) is 0 Å². The maximum absolute atomic E-state index is 13.2. The molecule has 0 aliphatic carbocycles. The Kier molecular flexibility index (Phi) is 3.02. The van der Waals surface area contributed by atoms with Crippen molar-refractivity contribution in [1.82, 2.24) is 5.32 Å². The fourth-order valence-corrected chi connectivity index (χ4v) is 2.63. The van der Waals surface area contributed by atoms with E-state index in [1.165, 1.54) is 26.0 Å². The molecule has 0 fully saturated rings. The van der Waals surface area contributed by atoms with Crippen molar-refractivity contribution in [3.63, 3.8) is 0 Å². The van der Waals surface area contributed by atoms with Gasteiger partial charge in [-0.15, -0.1) is 0 Å². The van der Waals surface area contributed by atoms with Crippen molar-refractivity contribution in [2.75, 3.05) is 13.1 Å². The molecule has 3 N–H and O–H groups in total. The van der Waals surface area contributed by atoms with Crippen LogP contribution < -0.4 is 11.1 Å². The third-order valence-electron chi connectivity index (χ3n) is 3.33. The van der Waals surface area contributed by atoms with E-state index >= 15 is 0 Å². The molecule has 4 nitrogen and oxygen atoms in total. The SMILES string of the molecule is CC12C=CC(C)(O1)C(C(F)(F)F)=C2C(=O)NCCN. The van der Waals surface area contributed by atoms with Crippen LogP contribution in [0.3, 0.4) is 0 Å². The highest BCUT2D eigenvalue weighted by Gasteiger charge is 2.62. The molecule has 2 heterocycles. The lowest BCUT2D eigenvalue weighted by Gasteiger charge is -2.23. The van der Waals surface area contributed by atoms with E-state index in [-0.39, 0.29) is 18.7 Å². The second-order valence-corrected chi connectivity index (χ2v) is 4.94. The molecule has 0 aromatic rings. The number of hydrogen-bond donors (Lipinski definition) is 2. The molecule has 0 aromatic carbocycles. The Morgan fingerprint density at radius 2 is 1.95 bits per heavy atom. The minimum Gasteiger partial charge on any atom is -0.351 e. The molecular formula is C12H15F3N2O2. The molecule has 0 saturated carbocycles. The van der Waals surface area contributed by atoms with Gasteiger partial charge in [-0.3, -0.25) is 4.79 Å². The zero-order chi connectivity index (χ0) is 14.5. The third kappa shape index (κ3) is 2.06. The normalized spacial score (nSPS) is 33.2. The number of nitrogens with one attached hydrogen (secondary N) is 1. The number of alkyl halides is 3. The Balaban J connectivity index is 2.48. The Morgan fingerprint density at radius 1 is 1.37 bits per heavy atom. The molecule has 19 heavy (non-hydrogen) atoms. The van der Waals surface area contributed by atoms with Crippen LogP contribution in [-0.4, -0.2) is 36.4 Å². The van der Waals surface area contributed by atoms with Gasteiger partial charge in [-0.25, -0.2) is 0 Å². The van der Waals surface area contributed by atoms with Crippen LogP contribution in [0.5, 0.6) is 0 Å². The zero-order valence-corrected chi connectivity index (χ0v) is 10.6. The Morgan fingerprint density at radius 3 is 2.47 bits per heavy atom. The van der Waals surface area contributed by atoms with Crippen molar-refractivity contribution in [3.8, 4) is 0 Å². The van der Waals surface area contributed by atoms with Gasteiger partial charge in [0, 0.05) is 13.1 Å². The van der Waals surface area contributed by atoms with Crippen molar-refractivity contribution in [3.05, 3.63) is 23.3 Å². The molecule has 2 aliphatic rings. The average Bonchev–Trinajstić information content (AvgIpc) is 2.70. The van der Waals surface area contributed by atoms with E-state index in [1.54, 1.807) is 0 Å². The lowest BCUT2D eigenvalue weighted by molar-refractivity contribution is -0.120. The maximum atomic E-state index is 13.2. The predicted octanol–water partition coefficient (Wildman–Crippen LogP) is 1.04. The fraction of sp³-hybridized carbons (Fsp3) is 0.583. The first-order chi connectivity index (χ1) is 8.64. The van der Waals surface area contributed by atoms with E-state index in [9.17, 15) is 18.0 Å². The molecule has 2 unspecified atom stereocenters. The second-order valence-electron chi connectivity index (χ2n) is 4.94. The summed E-state index contributed by atoms with van der Waals surface area (Å²) in [5, 5.41) is 2.37. The third-order valence-corrected chi connectivity index (χ3v) is 3.33. The zero-order valence-electron chi connectivity index (χ0n) is 10.6. The number of amides is 1. The number of carbonyl (C=O) groups is 1. The van der Waals surface area contributed by atoms with Crippen LogP contribution in [0.4, 0.5) is 13.2 Å². The van der Waals surface area contributed by atoms with Gasteiger partial charge in [0.25, 0.3) is 5.91 Å². The molecule has 2 rings (SSSR count). The van der Waals surface area contributed by atoms with Gasteiger partial charge in [-0.2, -0.15) is 13.2 Å². The monoisotopic (exact) mass is 276 g/mol. The summed E-state index contributed by atoms with van der Waals surface area (Å²) < 4.78 is 45.0. The van der Waals surface area contributed by atoms with Crippen LogP contribution in [0.1, 0.15) is 13.8 Å². The summed E-state index contributed by atoms with van der Waals surface area (Å²) >= 11 is 0. The molecule has 0 spiro atoms. The average molecular weight is 276 g/mol. The molecule has 106 valence electrons. The topological polar surface area (TPSA) is 64.3 Å². The van der Waals surface area contributed by atoms with Gasteiger partial charge in [0.15, 0.2) is 0 Å². The van der Waals surface area contributed by atoms with Crippen LogP contribution in [0.2, 0.25) is 0 Å². The lowest BCUT2D eigenvalue weighted by Crippen LogP contribution is -2.39. The van der Waals surface area contributed by atoms with Gasteiger partial charge in [-0.05, 0) is 26.0 Å². The van der Waals surface area contributed by atoms with Crippen molar-refractivity contribution in [2.24, 2.45) is 5.73 Å². The summed E-state index contributed by atoms with van der Waals surface area (Å²) in [5.41, 5.74) is 0.995. The smallest absolute Gasteiger partial charge is 0.351 e. The second kappa shape index (κ2) is 4.08. The highest BCUT2D eigenvalue weighted by molar-refractivity contribution is 5.98. The molecule has 7 heteroatoms. The van der Waals surface area contributed by atoms with Crippen molar-refractivity contribution in [2.45, 2.75) is 31.2 Å². The fourth-order valence-electron chi connectivity index (χ4n) is 2.63. The van der Waals surface area contributed by atoms with Crippen LogP contribution in [0.25, 0.3) is 0 Å². The lowest BCUT2D eigenvalue weighted by atomic mass is 9.82. The molecule has 2 bridgehead atoms. The van der Waals surface area contributed by atoms with Crippen LogP contribution in [0.15, 0.2) is 23.3 Å². The maximum Gasteiger partial charge on any atom is 0.416 e. The van der Waals surface area contributed by atoms with E-state index in [2.05, 4.69) is 5.32 Å². The molecular weight excluding hydrogens is 261 g/mol. The van der Waals surface area contributed by atoms with E-state index < -0.39 is 28.9 Å². The van der Waals surface area contributed by atoms with Gasteiger partial charge in [0.1, 0.15) is 11.2 Å². The predicted molar refractivity (Wildman–Crippen MR) is 62.2 cm³/mol. The number of carbonyl (C=O) groups excluding carboxylic acids is 1. The molecule has 1 amide bonds. The summed E-state index contributed by atoms with van der Waals surface area (Å²) in [5.74, 6) is -0.784. The standard InChI is InChI=1S/C12H15F3N2O2/c1-10-3-4-11(2,19-10)8(12(13,14)15)7(10)9(18)17-6-5-16/h3-4H,5-6,16H2,1-2H3,(H,17,18). The van der Waals surface area contributed by atoms with Crippen molar-refractivity contribution < 1.29 is 22.7 Å². The quantitative estimate of drug-likeness (QED) is 0.757. The highest BCUT2D eigenvalue weighted by Crippen LogP contribution is 2.54. The molecule has 0 saturated heterocycles. The number of halogens is 3. The Hall–Kier alpha value is -1.34. The van der Waals surface area contributed by atoms with Gasteiger partial charge in [0.05, 0.1) is 11.1 Å². The molecule has 2 atom stereocenters. The molecule has 0 aromatic heterocycles. The van der Waals surface area contributed by atoms with Gasteiger partial charge < -0.3 is 15.8 Å². The first kappa shape index (κ1) is 14.1. The number of fused-ring (bicyclic) bond motifs is 2. The van der Waals surface area contributed by atoms with Crippen LogP contribution in [-0.2, 0) is 9.53 Å². The molecule has 0 radical (unpaired) electrons. The van der Waals surface area contributed by atoms with Crippen LogP contribution in [0, 0.1) is 0 Å². The highest BCUT2D eigenvalue weighted by atomic mass is 19.4. The minimum atomic E-state index is -4.62. The number of nitrogens with two attached hydrogens (primary N) is 1. The Labute approximate surface area is 108 Å². The summed E-state index contributed by atoms with van der Waals surface area (Å²) in [6.07, 6.45) is -1.79. The summed E-state index contributed by atoms with van der Waals surface area (Å²) in [7, 11) is 0. The minimum absolute atomic E-state index is 0.115. The Bertz CT molecular complexity index is 484. The first-order valence-electron chi connectivity index (χ1n) is 5.85. The summed E-state index contributed by atoms with van der Waals surface area (Å²) in [6.45, 7) is 3.03. The van der Waals surface area contributed by atoms with E-state index in [0.717, 1.165) is 0 Å². The van der Waals surface area contributed by atoms with Gasteiger partial charge in [-0.1, -0.05) is 0 Å². The number of ether oxygens (including phenoxy) is 1. The first-order valence-corrected chi connectivity index (χ1v) is 5.85. The van der Waals surface area contributed by atoms with Gasteiger partial charge in [0.2, 0.25) is 0 Å². The van der Waals surface area contributed by atoms with E-state index in [0.29, 0.717) is 0 Å². The molecule has 2 aliphatic heterocycles. The van der Waals surface area contributed by atoms with Gasteiger partial charge >= 0.3 is 6.18 Å². The summed E-state index contributed by atoms with van der Waals surface area (Å²) in [4.78, 5) is 12.0.